The van der Waals surface area contributed by atoms with Crippen LogP contribution >= 0.6 is 0 Å². The fourth-order valence-corrected chi connectivity index (χ4v) is 4.52. The standard InChI is InChI=1S/C32H24FN3O5/c1-19-3-14-26(15-4-19)36-32(41-20(2)37)29(30(35-36)23-9-16-27-28(17-23)40-18-39-27)21-7-12-25(13-8-21)34-31(38)22-5-10-24(33)11-6-22/h3-17H,18H2,1-2H3,(H,34,38). The van der Waals surface area contributed by atoms with Gasteiger partial charge in [-0.2, -0.15) is 9.78 Å². The molecule has 0 unspecified atom stereocenters. The lowest BCUT2D eigenvalue weighted by Gasteiger charge is -2.11. The number of aryl methyl sites for hydroxylation is 1. The molecule has 0 aliphatic carbocycles. The topological polar surface area (TPSA) is 91.7 Å². The van der Waals surface area contributed by atoms with Gasteiger partial charge >= 0.3 is 5.97 Å². The van der Waals surface area contributed by atoms with Gasteiger partial charge < -0.3 is 19.5 Å². The van der Waals surface area contributed by atoms with Crippen molar-refractivity contribution in [2.24, 2.45) is 0 Å². The summed E-state index contributed by atoms with van der Waals surface area (Å²) in [6.45, 7) is 3.46. The van der Waals surface area contributed by atoms with E-state index >= 15 is 0 Å². The first-order valence-corrected chi connectivity index (χ1v) is 12.8. The van der Waals surface area contributed by atoms with Crippen molar-refractivity contribution < 1.29 is 28.2 Å². The van der Waals surface area contributed by atoms with Gasteiger partial charge in [0, 0.05) is 23.7 Å². The summed E-state index contributed by atoms with van der Waals surface area (Å²) in [5, 5.41) is 7.71. The van der Waals surface area contributed by atoms with Crippen molar-refractivity contribution in [3.63, 3.8) is 0 Å². The smallest absolute Gasteiger partial charge is 0.309 e. The minimum Gasteiger partial charge on any atom is -0.454 e. The fraction of sp³-hybridized carbons (Fsp3) is 0.0938. The van der Waals surface area contributed by atoms with E-state index in [1.54, 1.807) is 28.9 Å². The van der Waals surface area contributed by atoms with Crippen LogP contribution in [0.1, 0.15) is 22.8 Å². The lowest BCUT2D eigenvalue weighted by Crippen LogP contribution is -2.11. The largest absolute Gasteiger partial charge is 0.454 e. The molecular formula is C32H24FN3O5. The van der Waals surface area contributed by atoms with Gasteiger partial charge in [-0.3, -0.25) is 9.59 Å². The molecule has 1 N–H and O–H groups in total. The summed E-state index contributed by atoms with van der Waals surface area (Å²) in [6, 6.07) is 25.6. The number of hydrogen-bond donors (Lipinski definition) is 1. The first-order chi connectivity index (χ1) is 19.9. The van der Waals surface area contributed by atoms with Gasteiger partial charge in [0.2, 0.25) is 12.7 Å². The Morgan fingerprint density at radius 3 is 2.27 bits per heavy atom. The molecule has 6 rings (SSSR count). The number of nitrogens with one attached hydrogen (secondary N) is 1. The summed E-state index contributed by atoms with van der Waals surface area (Å²) >= 11 is 0. The van der Waals surface area contributed by atoms with Crippen LogP contribution in [0.2, 0.25) is 0 Å². The van der Waals surface area contributed by atoms with E-state index in [1.807, 2.05) is 49.4 Å². The van der Waals surface area contributed by atoms with Crippen LogP contribution in [-0.4, -0.2) is 28.4 Å². The molecule has 0 saturated heterocycles. The first kappa shape index (κ1) is 25.8. The van der Waals surface area contributed by atoms with E-state index in [4.69, 9.17) is 19.3 Å². The summed E-state index contributed by atoms with van der Waals surface area (Å²) in [6.07, 6.45) is 0. The van der Waals surface area contributed by atoms with Gasteiger partial charge in [-0.05, 0) is 79.2 Å². The van der Waals surface area contributed by atoms with Crippen LogP contribution in [0.5, 0.6) is 17.4 Å². The number of rotatable bonds is 6. The van der Waals surface area contributed by atoms with Gasteiger partial charge in [-0.25, -0.2) is 4.39 Å². The Labute approximate surface area is 234 Å². The second kappa shape index (κ2) is 10.6. The molecule has 0 saturated carbocycles. The fourth-order valence-electron chi connectivity index (χ4n) is 4.52. The number of aromatic nitrogens is 2. The zero-order chi connectivity index (χ0) is 28.5. The third-order valence-electron chi connectivity index (χ3n) is 6.55. The molecule has 2 heterocycles. The second-order valence-electron chi connectivity index (χ2n) is 9.48. The number of ether oxygens (including phenoxy) is 3. The number of carbonyl (C=O) groups excluding carboxylic acids is 2. The molecule has 9 heteroatoms. The Hall–Kier alpha value is -5.44. The lowest BCUT2D eigenvalue weighted by molar-refractivity contribution is -0.132. The highest BCUT2D eigenvalue weighted by molar-refractivity contribution is 6.04. The Morgan fingerprint density at radius 2 is 1.56 bits per heavy atom. The third-order valence-corrected chi connectivity index (χ3v) is 6.55. The predicted molar refractivity (Wildman–Crippen MR) is 151 cm³/mol. The highest BCUT2D eigenvalue weighted by Gasteiger charge is 2.26. The van der Waals surface area contributed by atoms with E-state index in [9.17, 15) is 14.0 Å². The van der Waals surface area contributed by atoms with Crippen LogP contribution < -0.4 is 19.5 Å². The Bertz CT molecular complexity index is 1760. The quantitative estimate of drug-likeness (QED) is 0.241. The molecule has 1 aromatic heterocycles. The average Bonchev–Trinajstić information content (AvgIpc) is 3.58. The summed E-state index contributed by atoms with van der Waals surface area (Å²) in [4.78, 5) is 24.9. The number of anilines is 1. The van der Waals surface area contributed by atoms with E-state index in [0.717, 1.165) is 11.1 Å². The van der Waals surface area contributed by atoms with E-state index in [-0.39, 0.29) is 18.6 Å². The molecule has 0 atom stereocenters. The summed E-state index contributed by atoms with van der Waals surface area (Å²) in [5.41, 5.74) is 5.22. The van der Waals surface area contributed by atoms with Gasteiger partial charge in [0.1, 0.15) is 11.5 Å². The van der Waals surface area contributed by atoms with Crippen LogP contribution in [0, 0.1) is 12.7 Å². The molecule has 8 nitrogen and oxygen atoms in total. The van der Waals surface area contributed by atoms with Gasteiger partial charge in [0.05, 0.1) is 11.3 Å². The van der Waals surface area contributed by atoms with Crippen molar-refractivity contribution in [2.45, 2.75) is 13.8 Å². The van der Waals surface area contributed by atoms with Crippen molar-refractivity contribution in [1.29, 1.82) is 0 Å². The number of fused-ring (bicyclic) bond motifs is 1. The lowest BCUT2D eigenvalue weighted by atomic mass is 10.0. The van der Waals surface area contributed by atoms with Crippen molar-refractivity contribution >= 4 is 17.6 Å². The van der Waals surface area contributed by atoms with Crippen LogP contribution in [0.3, 0.4) is 0 Å². The average molecular weight is 550 g/mol. The van der Waals surface area contributed by atoms with E-state index in [0.29, 0.717) is 45.3 Å². The molecule has 0 radical (unpaired) electrons. The molecule has 204 valence electrons. The zero-order valence-electron chi connectivity index (χ0n) is 22.2. The maximum Gasteiger partial charge on any atom is 0.309 e. The highest BCUT2D eigenvalue weighted by Crippen LogP contribution is 2.44. The Balaban J connectivity index is 1.45. The Kier molecular flexibility index (Phi) is 6.68. The maximum absolute atomic E-state index is 13.3. The second-order valence-corrected chi connectivity index (χ2v) is 9.48. The van der Waals surface area contributed by atoms with Gasteiger partial charge in [-0.15, -0.1) is 0 Å². The van der Waals surface area contributed by atoms with Crippen LogP contribution in [0.15, 0.2) is 91.0 Å². The maximum atomic E-state index is 13.3. The number of benzene rings is 4. The molecule has 1 aliphatic heterocycles. The minimum atomic E-state index is -0.500. The molecule has 5 aromatic rings. The normalized spacial score (nSPS) is 11.8. The predicted octanol–water partition coefficient (Wildman–Crippen LogP) is 6.56. The Morgan fingerprint density at radius 1 is 0.878 bits per heavy atom. The third kappa shape index (κ3) is 5.25. The minimum absolute atomic E-state index is 0.132. The van der Waals surface area contributed by atoms with Crippen LogP contribution in [0.4, 0.5) is 10.1 Å². The van der Waals surface area contributed by atoms with Crippen molar-refractivity contribution in [1.82, 2.24) is 9.78 Å². The summed E-state index contributed by atoms with van der Waals surface area (Å²) in [7, 11) is 0. The van der Waals surface area contributed by atoms with E-state index in [1.165, 1.54) is 31.2 Å². The number of nitrogens with zero attached hydrogens (tertiary/aromatic N) is 2. The molecule has 41 heavy (non-hydrogen) atoms. The van der Waals surface area contributed by atoms with Crippen molar-refractivity contribution in [3.8, 4) is 45.5 Å². The first-order valence-electron chi connectivity index (χ1n) is 12.8. The summed E-state index contributed by atoms with van der Waals surface area (Å²) < 4.78 is 31.7. The van der Waals surface area contributed by atoms with Crippen LogP contribution in [-0.2, 0) is 4.79 Å². The van der Waals surface area contributed by atoms with Crippen LogP contribution in [0.25, 0.3) is 28.1 Å². The molecule has 4 aromatic carbocycles. The van der Waals surface area contributed by atoms with Crippen molar-refractivity contribution in [2.75, 3.05) is 12.1 Å². The molecule has 0 bridgehead atoms. The zero-order valence-corrected chi connectivity index (χ0v) is 22.2. The molecule has 1 aliphatic rings. The number of halogens is 1. The van der Waals surface area contributed by atoms with E-state index < -0.39 is 11.8 Å². The summed E-state index contributed by atoms with van der Waals surface area (Å²) in [5.74, 6) is 0.184. The SMILES string of the molecule is CC(=O)Oc1c(-c2ccc(NC(=O)c3ccc(F)cc3)cc2)c(-c2ccc3c(c2)OCO3)nn1-c1ccc(C)cc1. The number of esters is 1. The number of hydrogen-bond acceptors (Lipinski definition) is 6. The van der Waals surface area contributed by atoms with Gasteiger partial charge in [0.15, 0.2) is 11.5 Å². The molecule has 0 spiro atoms. The monoisotopic (exact) mass is 549 g/mol. The molecule has 1 amide bonds. The molecular weight excluding hydrogens is 525 g/mol. The van der Waals surface area contributed by atoms with Gasteiger partial charge in [0.25, 0.3) is 5.91 Å². The number of carbonyl (C=O) groups is 2. The van der Waals surface area contributed by atoms with Crippen molar-refractivity contribution in [3.05, 3.63) is 108 Å². The number of amides is 1. The highest BCUT2D eigenvalue weighted by atomic mass is 19.1. The molecule has 0 fully saturated rings. The van der Waals surface area contributed by atoms with Gasteiger partial charge in [-0.1, -0.05) is 29.8 Å². The van der Waals surface area contributed by atoms with E-state index in [2.05, 4.69) is 5.32 Å².